The molecule has 0 spiro atoms. The summed E-state index contributed by atoms with van der Waals surface area (Å²) in [5.74, 6) is 0.0775. The molecule has 0 unspecified atom stereocenters. The number of aromatic nitrogens is 1. The molecule has 3 nitrogen and oxygen atoms in total. The Balaban J connectivity index is 1.59. The smallest absolute Gasteiger partial charge is 0.220 e. The van der Waals surface area contributed by atoms with Crippen LogP contribution in [0.1, 0.15) is 17.5 Å². The third-order valence-electron chi connectivity index (χ3n) is 4.03. The van der Waals surface area contributed by atoms with Crippen LogP contribution in [0.2, 0.25) is 0 Å². The predicted octanol–water partition coefficient (Wildman–Crippen LogP) is 4.19. The van der Waals surface area contributed by atoms with Crippen LogP contribution in [0, 0.1) is 0 Å². The Kier molecular flexibility index (Phi) is 4.82. The van der Waals surface area contributed by atoms with E-state index in [0.29, 0.717) is 13.0 Å². The van der Waals surface area contributed by atoms with E-state index < -0.39 is 0 Å². The monoisotopic (exact) mass is 370 g/mol. The lowest BCUT2D eigenvalue weighted by molar-refractivity contribution is -0.121. The normalized spacial score (nSPS) is 10.9. The fourth-order valence-corrected chi connectivity index (χ4v) is 3.22. The van der Waals surface area contributed by atoms with Gasteiger partial charge in [-0.1, -0.05) is 52.3 Å². The molecule has 1 N–H and O–H groups in total. The summed E-state index contributed by atoms with van der Waals surface area (Å²) in [7, 11) is 2.04. The molecule has 0 aliphatic carbocycles. The summed E-state index contributed by atoms with van der Waals surface area (Å²) >= 11 is 3.50. The number of aryl methyl sites for hydroxylation is 2. The quantitative estimate of drug-likeness (QED) is 0.717. The van der Waals surface area contributed by atoms with Crippen molar-refractivity contribution in [2.45, 2.75) is 19.4 Å². The summed E-state index contributed by atoms with van der Waals surface area (Å²) in [5, 5.41) is 4.22. The lowest BCUT2D eigenvalue weighted by Gasteiger charge is -2.07. The zero-order chi connectivity index (χ0) is 16.2. The van der Waals surface area contributed by atoms with E-state index >= 15 is 0 Å². The Morgan fingerprint density at radius 1 is 1.09 bits per heavy atom. The molecule has 2 aromatic carbocycles. The summed E-state index contributed by atoms with van der Waals surface area (Å²) in [4.78, 5) is 12.1. The van der Waals surface area contributed by atoms with Crippen LogP contribution in [-0.4, -0.2) is 10.5 Å². The van der Waals surface area contributed by atoms with E-state index in [1.165, 1.54) is 16.5 Å². The molecule has 0 atom stereocenters. The zero-order valence-electron chi connectivity index (χ0n) is 13.1. The number of rotatable bonds is 5. The van der Waals surface area contributed by atoms with E-state index in [1.807, 2.05) is 43.4 Å². The number of carbonyl (C=O) groups excluding carboxylic acids is 1. The SMILES string of the molecule is Cn1cc(CCC(=O)NCc2ccccc2Br)c2ccccc21. The number of fused-ring (bicyclic) bond motifs is 1. The van der Waals surface area contributed by atoms with Crippen molar-refractivity contribution >= 4 is 32.7 Å². The fraction of sp³-hybridized carbons (Fsp3) is 0.211. The van der Waals surface area contributed by atoms with E-state index in [4.69, 9.17) is 0 Å². The predicted molar refractivity (Wildman–Crippen MR) is 97.2 cm³/mol. The van der Waals surface area contributed by atoms with Gasteiger partial charge in [0.1, 0.15) is 0 Å². The van der Waals surface area contributed by atoms with Gasteiger partial charge < -0.3 is 9.88 Å². The zero-order valence-corrected chi connectivity index (χ0v) is 14.6. The maximum Gasteiger partial charge on any atom is 0.220 e. The van der Waals surface area contributed by atoms with E-state index in [0.717, 1.165) is 16.5 Å². The van der Waals surface area contributed by atoms with Gasteiger partial charge in [-0.3, -0.25) is 4.79 Å². The summed E-state index contributed by atoms with van der Waals surface area (Å²) in [6.07, 6.45) is 3.37. The van der Waals surface area contributed by atoms with Crippen LogP contribution in [0.3, 0.4) is 0 Å². The van der Waals surface area contributed by atoms with Crippen molar-refractivity contribution < 1.29 is 4.79 Å². The standard InChI is InChI=1S/C19H19BrN2O/c1-22-13-15(16-7-3-5-9-18(16)22)10-11-19(23)21-12-14-6-2-4-8-17(14)20/h2-9,13H,10-12H2,1H3,(H,21,23). The molecule has 0 radical (unpaired) electrons. The van der Waals surface area contributed by atoms with Gasteiger partial charge in [-0.05, 0) is 29.7 Å². The van der Waals surface area contributed by atoms with Crippen LogP contribution in [0.4, 0.5) is 0 Å². The molecule has 0 saturated carbocycles. The van der Waals surface area contributed by atoms with Crippen LogP contribution in [0.25, 0.3) is 10.9 Å². The van der Waals surface area contributed by atoms with Gasteiger partial charge in [0.2, 0.25) is 5.91 Å². The minimum Gasteiger partial charge on any atom is -0.352 e. The average molecular weight is 371 g/mol. The van der Waals surface area contributed by atoms with Crippen molar-refractivity contribution in [2.75, 3.05) is 0 Å². The highest BCUT2D eigenvalue weighted by Gasteiger charge is 2.09. The van der Waals surface area contributed by atoms with Gasteiger partial charge in [-0.25, -0.2) is 0 Å². The Hall–Kier alpha value is -2.07. The number of para-hydroxylation sites is 1. The van der Waals surface area contributed by atoms with Crippen molar-refractivity contribution in [3.63, 3.8) is 0 Å². The van der Waals surface area contributed by atoms with Crippen molar-refractivity contribution in [1.29, 1.82) is 0 Å². The maximum absolute atomic E-state index is 12.1. The molecule has 118 valence electrons. The Bertz CT molecular complexity index is 838. The molecule has 0 saturated heterocycles. The van der Waals surface area contributed by atoms with Gasteiger partial charge in [-0.15, -0.1) is 0 Å². The molecule has 1 amide bonds. The van der Waals surface area contributed by atoms with Crippen molar-refractivity contribution in [3.05, 3.63) is 70.3 Å². The third kappa shape index (κ3) is 3.64. The molecule has 1 heterocycles. The van der Waals surface area contributed by atoms with Crippen LogP contribution in [-0.2, 0) is 24.8 Å². The first-order valence-electron chi connectivity index (χ1n) is 7.68. The second-order valence-electron chi connectivity index (χ2n) is 5.65. The first-order chi connectivity index (χ1) is 11.1. The number of benzene rings is 2. The van der Waals surface area contributed by atoms with Gasteiger partial charge in [0.15, 0.2) is 0 Å². The lowest BCUT2D eigenvalue weighted by atomic mass is 10.1. The highest BCUT2D eigenvalue weighted by atomic mass is 79.9. The van der Waals surface area contributed by atoms with Crippen LogP contribution in [0.5, 0.6) is 0 Å². The summed E-state index contributed by atoms with van der Waals surface area (Å²) in [6, 6.07) is 16.2. The van der Waals surface area contributed by atoms with Crippen molar-refractivity contribution in [2.24, 2.45) is 7.05 Å². The molecule has 4 heteroatoms. The average Bonchev–Trinajstić information content (AvgIpc) is 2.89. The number of nitrogens with zero attached hydrogens (tertiary/aromatic N) is 1. The summed E-state index contributed by atoms with van der Waals surface area (Å²) in [6.45, 7) is 0.551. The van der Waals surface area contributed by atoms with Gasteiger partial charge >= 0.3 is 0 Å². The molecular weight excluding hydrogens is 352 g/mol. The third-order valence-corrected chi connectivity index (χ3v) is 4.81. The largest absolute Gasteiger partial charge is 0.352 e. The number of hydrogen-bond acceptors (Lipinski definition) is 1. The van der Waals surface area contributed by atoms with Gasteiger partial charge in [0.05, 0.1) is 0 Å². The van der Waals surface area contributed by atoms with E-state index in [-0.39, 0.29) is 5.91 Å². The minimum absolute atomic E-state index is 0.0775. The first kappa shape index (κ1) is 15.8. The number of amides is 1. The highest BCUT2D eigenvalue weighted by Crippen LogP contribution is 2.21. The fourth-order valence-electron chi connectivity index (χ4n) is 2.80. The Morgan fingerprint density at radius 2 is 1.83 bits per heavy atom. The van der Waals surface area contributed by atoms with Crippen molar-refractivity contribution in [3.8, 4) is 0 Å². The van der Waals surface area contributed by atoms with Crippen LogP contribution in [0.15, 0.2) is 59.2 Å². The van der Waals surface area contributed by atoms with Crippen molar-refractivity contribution in [1.82, 2.24) is 9.88 Å². The molecular formula is C19H19BrN2O. The first-order valence-corrected chi connectivity index (χ1v) is 8.47. The molecule has 0 fully saturated rings. The second-order valence-corrected chi connectivity index (χ2v) is 6.50. The van der Waals surface area contributed by atoms with E-state index in [2.05, 4.69) is 44.1 Å². The summed E-state index contributed by atoms with van der Waals surface area (Å²) < 4.78 is 3.14. The summed E-state index contributed by atoms with van der Waals surface area (Å²) in [5.41, 5.74) is 3.52. The lowest BCUT2D eigenvalue weighted by Crippen LogP contribution is -2.23. The Labute approximate surface area is 144 Å². The number of halogens is 1. The van der Waals surface area contributed by atoms with Crippen LogP contribution < -0.4 is 5.32 Å². The minimum atomic E-state index is 0.0775. The van der Waals surface area contributed by atoms with Gasteiger partial charge in [-0.2, -0.15) is 0 Å². The van der Waals surface area contributed by atoms with E-state index in [9.17, 15) is 4.79 Å². The van der Waals surface area contributed by atoms with Gasteiger partial charge in [0.25, 0.3) is 0 Å². The van der Waals surface area contributed by atoms with Gasteiger partial charge in [0, 0.05) is 41.6 Å². The number of nitrogens with one attached hydrogen (secondary N) is 1. The molecule has 23 heavy (non-hydrogen) atoms. The van der Waals surface area contributed by atoms with Crippen LogP contribution >= 0.6 is 15.9 Å². The Morgan fingerprint density at radius 3 is 2.65 bits per heavy atom. The van der Waals surface area contributed by atoms with E-state index in [1.54, 1.807) is 0 Å². The molecule has 0 aliphatic rings. The highest BCUT2D eigenvalue weighted by molar-refractivity contribution is 9.10. The molecule has 1 aromatic heterocycles. The molecule has 3 aromatic rings. The molecule has 3 rings (SSSR count). The second kappa shape index (κ2) is 7.01. The maximum atomic E-state index is 12.1. The number of carbonyl (C=O) groups is 1. The number of hydrogen-bond donors (Lipinski definition) is 1. The molecule has 0 bridgehead atoms. The topological polar surface area (TPSA) is 34.0 Å². The molecule has 0 aliphatic heterocycles.